The summed E-state index contributed by atoms with van der Waals surface area (Å²) in [6, 6.07) is 6.44. The zero-order valence-corrected chi connectivity index (χ0v) is 11.1. The topological polar surface area (TPSA) is 105 Å². The Hall–Kier alpha value is -2.21. The van der Waals surface area contributed by atoms with Crippen molar-refractivity contribution in [1.29, 1.82) is 5.41 Å². The monoisotopic (exact) mass is 277 g/mol. The Morgan fingerprint density at radius 1 is 1.40 bits per heavy atom. The van der Waals surface area contributed by atoms with Crippen LogP contribution in [0, 0.1) is 11.3 Å². The van der Waals surface area contributed by atoms with Crippen LogP contribution in [-0.4, -0.2) is 30.0 Å². The molecule has 0 radical (unpaired) electrons. The van der Waals surface area contributed by atoms with E-state index >= 15 is 0 Å². The lowest BCUT2D eigenvalue weighted by Crippen LogP contribution is -2.43. The van der Waals surface area contributed by atoms with Crippen LogP contribution in [0.25, 0.3) is 0 Å². The molecule has 0 spiro atoms. The predicted octanol–water partition coefficient (Wildman–Crippen LogP) is 0.368. The molecule has 6 heteroatoms. The summed E-state index contributed by atoms with van der Waals surface area (Å²) in [6.07, 6.45) is 1.00. The van der Waals surface area contributed by atoms with Crippen LogP contribution in [0.3, 0.4) is 0 Å². The van der Waals surface area contributed by atoms with E-state index in [2.05, 4.69) is 0 Å². The van der Waals surface area contributed by atoms with Gasteiger partial charge in [-0.3, -0.25) is 5.41 Å². The minimum Gasteiger partial charge on any atom is -0.479 e. The molecule has 1 aromatic carbocycles. The number of methoxy groups -OCH3 is 1. The lowest BCUT2D eigenvalue weighted by molar-refractivity contribution is -0.148. The summed E-state index contributed by atoms with van der Waals surface area (Å²) in [5.74, 6) is -0.456. The first-order valence-corrected chi connectivity index (χ1v) is 6.27. The second-order valence-electron chi connectivity index (χ2n) is 4.68. The minimum atomic E-state index is -1.06. The van der Waals surface area contributed by atoms with Gasteiger partial charge in [0.25, 0.3) is 0 Å². The van der Waals surface area contributed by atoms with Crippen molar-refractivity contribution in [2.75, 3.05) is 7.11 Å². The predicted molar refractivity (Wildman–Crippen MR) is 71.4 cm³/mol. The maximum absolute atomic E-state index is 11.0. The molecule has 1 aliphatic rings. The third-order valence-corrected chi connectivity index (χ3v) is 3.14. The van der Waals surface area contributed by atoms with E-state index in [-0.39, 0.29) is 11.8 Å². The molecule has 2 rings (SSSR count). The maximum atomic E-state index is 11.0. The molecule has 1 saturated carbocycles. The van der Waals surface area contributed by atoms with Crippen LogP contribution in [0.4, 0.5) is 0 Å². The molecule has 0 heterocycles. The van der Waals surface area contributed by atoms with E-state index in [1.807, 2.05) is 0 Å². The summed E-state index contributed by atoms with van der Waals surface area (Å²) in [6.45, 7) is 0. The Morgan fingerprint density at radius 2 is 2.00 bits per heavy atom. The quantitative estimate of drug-likeness (QED) is 0.534. The van der Waals surface area contributed by atoms with Crippen LogP contribution >= 0.6 is 0 Å². The van der Waals surface area contributed by atoms with Gasteiger partial charge < -0.3 is 14.6 Å². The SMILES string of the molecule is COC(C(=O)O)c1ccc(C(=N)OC(=[NH2+])C2CC2)cc1. The highest BCUT2D eigenvalue weighted by Crippen LogP contribution is 2.29. The summed E-state index contributed by atoms with van der Waals surface area (Å²) in [7, 11) is 1.34. The fourth-order valence-electron chi connectivity index (χ4n) is 1.82. The van der Waals surface area contributed by atoms with Crippen molar-refractivity contribution in [3.63, 3.8) is 0 Å². The lowest BCUT2D eigenvalue weighted by atomic mass is 10.1. The number of nitrogens with two attached hydrogens (primary N) is 1. The molecular weight excluding hydrogens is 260 g/mol. The first-order chi connectivity index (χ1) is 9.52. The fraction of sp³-hybridized carbons (Fsp3) is 0.357. The molecule has 1 fully saturated rings. The standard InChI is InChI=1S/C14H16N2O4/c1-19-11(14(17)18)8-2-4-9(5-3-8)12(15)20-13(16)10-6-7-10/h2-5,10-11,15-16H,6-7H2,1H3,(H,17,18)/p+1. The van der Waals surface area contributed by atoms with Crippen LogP contribution in [-0.2, 0) is 14.3 Å². The molecule has 1 aliphatic carbocycles. The third-order valence-electron chi connectivity index (χ3n) is 3.14. The van der Waals surface area contributed by atoms with Gasteiger partial charge in [0.2, 0.25) is 5.90 Å². The van der Waals surface area contributed by atoms with E-state index in [9.17, 15) is 4.79 Å². The number of nitrogens with one attached hydrogen (secondary N) is 1. The van der Waals surface area contributed by atoms with Crippen LogP contribution in [0.2, 0.25) is 0 Å². The maximum Gasteiger partial charge on any atom is 0.342 e. The molecule has 6 nitrogen and oxygen atoms in total. The number of hydrogen-bond acceptors (Lipinski definition) is 4. The Balaban J connectivity index is 2.05. The summed E-state index contributed by atoms with van der Waals surface area (Å²) in [4.78, 5) is 11.0. The van der Waals surface area contributed by atoms with Gasteiger partial charge in [0.1, 0.15) is 0 Å². The molecule has 4 N–H and O–H groups in total. The Kier molecular flexibility index (Phi) is 4.14. The number of benzene rings is 1. The van der Waals surface area contributed by atoms with Gasteiger partial charge >= 0.3 is 11.9 Å². The van der Waals surface area contributed by atoms with Crippen LogP contribution in [0.1, 0.15) is 30.1 Å². The van der Waals surface area contributed by atoms with Crippen LogP contribution in [0.15, 0.2) is 24.3 Å². The van der Waals surface area contributed by atoms with Crippen molar-refractivity contribution in [2.45, 2.75) is 18.9 Å². The number of hydrogen-bond donors (Lipinski definition) is 3. The number of carboxylic acids is 1. The van der Waals surface area contributed by atoms with Crippen molar-refractivity contribution >= 4 is 17.8 Å². The summed E-state index contributed by atoms with van der Waals surface area (Å²) in [5.41, 5.74) is 1.05. The lowest BCUT2D eigenvalue weighted by Gasteiger charge is -2.11. The number of ether oxygens (including phenoxy) is 2. The van der Waals surface area contributed by atoms with Crippen molar-refractivity contribution < 1.29 is 24.8 Å². The van der Waals surface area contributed by atoms with E-state index in [1.165, 1.54) is 7.11 Å². The molecule has 0 bridgehead atoms. The molecule has 20 heavy (non-hydrogen) atoms. The van der Waals surface area contributed by atoms with Crippen molar-refractivity contribution in [2.24, 2.45) is 5.92 Å². The molecule has 0 aliphatic heterocycles. The molecule has 0 amide bonds. The minimum absolute atomic E-state index is 0.0368. The summed E-state index contributed by atoms with van der Waals surface area (Å²) >= 11 is 0. The first-order valence-electron chi connectivity index (χ1n) is 6.27. The summed E-state index contributed by atoms with van der Waals surface area (Å²) < 4.78 is 10.2. The smallest absolute Gasteiger partial charge is 0.342 e. The average molecular weight is 277 g/mol. The van der Waals surface area contributed by atoms with Gasteiger partial charge in [-0.25, -0.2) is 10.2 Å². The zero-order chi connectivity index (χ0) is 14.7. The van der Waals surface area contributed by atoms with Gasteiger partial charge in [0.05, 0.1) is 5.92 Å². The molecule has 0 aromatic heterocycles. The number of aliphatic carboxylic acids is 1. The van der Waals surface area contributed by atoms with Crippen molar-refractivity contribution in [3.8, 4) is 0 Å². The summed E-state index contributed by atoms with van der Waals surface area (Å²) in [5, 5.41) is 22.5. The molecule has 1 aromatic rings. The van der Waals surface area contributed by atoms with Gasteiger partial charge in [-0.2, -0.15) is 0 Å². The van der Waals surface area contributed by atoms with Gasteiger partial charge in [-0.1, -0.05) is 12.1 Å². The van der Waals surface area contributed by atoms with Crippen LogP contribution in [0.5, 0.6) is 0 Å². The second kappa shape index (κ2) is 5.83. The van der Waals surface area contributed by atoms with Gasteiger partial charge in [0, 0.05) is 12.7 Å². The highest BCUT2D eigenvalue weighted by Gasteiger charge is 2.33. The third kappa shape index (κ3) is 3.21. The largest absolute Gasteiger partial charge is 0.479 e. The highest BCUT2D eigenvalue weighted by molar-refractivity contribution is 5.99. The van der Waals surface area contributed by atoms with Crippen molar-refractivity contribution in [3.05, 3.63) is 35.4 Å². The highest BCUT2D eigenvalue weighted by atomic mass is 16.5. The zero-order valence-electron chi connectivity index (χ0n) is 11.1. The number of rotatable bonds is 5. The second-order valence-corrected chi connectivity index (χ2v) is 4.68. The van der Waals surface area contributed by atoms with Gasteiger partial charge in [-0.05, 0) is 30.5 Å². The Morgan fingerprint density at radius 3 is 2.45 bits per heavy atom. The fourth-order valence-corrected chi connectivity index (χ4v) is 1.82. The van der Waals surface area contributed by atoms with Crippen molar-refractivity contribution in [1.82, 2.24) is 0 Å². The van der Waals surface area contributed by atoms with E-state index in [0.29, 0.717) is 17.0 Å². The van der Waals surface area contributed by atoms with E-state index in [1.54, 1.807) is 24.3 Å². The molecule has 0 saturated heterocycles. The van der Waals surface area contributed by atoms with Gasteiger partial charge in [0.15, 0.2) is 6.10 Å². The van der Waals surface area contributed by atoms with Gasteiger partial charge in [-0.15, -0.1) is 0 Å². The van der Waals surface area contributed by atoms with E-state index < -0.39 is 12.1 Å². The number of carboxylic acid groups (broad SMARTS) is 1. The molecule has 106 valence electrons. The average Bonchev–Trinajstić information content (AvgIpc) is 3.24. The molecule has 1 unspecified atom stereocenters. The van der Waals surface area contributed by atoms with Crippen LogP contribution < -0.4 is 5.41 Å². The normalized spacial score (nSPS) is 15.4. The first kappa shape index (κ1) is 14.2. The van der Waals surface area contributed by atoms with E-state index in [0.717, 1.165) is 12.8 Å². The van der Waals surface area contributed by atoms with E-state index in [4.69, 9.17) is 25.4 Å². The number of carbonyl (C=O) groups is 1. The molecular formula is C14H17N2O4+. The Labute approximate surface area is 116 Å². The Bertz CT molecular complexity index is 535. The molecule has 1 atom stereocenters.